The van der Waals surface area contributed by atoms with Crippen LogP contribution in [0.4, 0.5) is 0 Å². The molecule has 0 aromatic heterocycles. The minimum Gasteiger partial charge on any atom is -0.479 e. The quantitative estimate of drug-likeness (QED) is 0.629. The Kier molecular flexibility index (Phi) is 2.15. The van der Waals surface area contributed by atoms with Crippen molar-refractivity contribution in [2.45, 2.75) is 25.0 Å². The molecule has 1 saturated heterocycles. The van der Waals surface area contributed by atoms with Gasteiger partial charge in [-0.1, -0.05) is 0 Å². The third-order valence-electron chi connectivity index (χ3n) is 2.22. The van der Waals surface area contributed by atoms with Crippen LogP contribution in [0.2, 0.25) is 0 Å². The molecule has 0 spiro atoms. The van der Waals surface area contributed by atoms with E-state index in [2.05, 4.69) is 0 Å². The lowest BCUT2D eigenvalue weighted by atomic mass is 9.97. The second kappa shape index (κ2) is 2.79. The Morgan fingerprint density at radius 2 is 2.45 bits per heavy atom. The van der Waals surface area contributed by atoms with Gasteiger partial charge in [0.15, 0.2) is 5.60 Å². The fourth-order valence-corrected chi connectivity index (χ4v) is 1.36. The molecule has 0 radical (unpaired) electrons. The summed E-state index contributed by atoms with van der Waals surface area (Å²) < 4.78 is 10.1. The van der Waals surface area contributed by atoms with Gasteiger partial charge in [0, 0.05) is 13.5 Å². The third kappa shape index (κ3) is 1.12. The van der Waals surface area contributed by atoms with Gasteiger partial charge < -0.3 is 14.6 Å². The number of carbonyl (C=O) groups is 1. The molecule has 1 heterocycles. The minimum absolute atomic E-state index is 0.356. The maximum absolute atomic E-state index is 10.8. The van der Waals surface area contributed by atoms with E-state index in [1.807, 2.05) is 0 Å². The predicted molar refractivity (Wildman–Crippen MR) is 37.4 cm³/mol. The first-order valence-electron chi connectivity index (χ1n) is 3.53. The van der Waals surface area contributed by atoms with Gasteiger partial charge >= 0.3 is 5.97 Å². The molecule has 0 bridgehead atoms. The van der Waals surface area contributed by atoms with Gasteiger partial charge in [0.25, 0.3) is 0 Å². The molecule has 2 unspecified atom stereocenters. The van der Waals surface area contributed by atoms with E-state index in [0.717, 1.165) is 0 Å². The van der Waals surface area contributed by atoms with E-state index in [-0.39, 0.29) is 6.10 Å². The van der Waals surface area contributed by atoms with Crippen molar-refractivity contribution in [1.29, 1.82) is 0 Å². The summed E-state index contributed by atoms with van der Waals surface area (Å²) >= 11 is 0. The number of hydrogen-bond acceptors (Lipinski definition) is 3. The monoisotopic (exact) mass is 160 g/mol. The van der Waals surface area contributed by atoms with Crippen molar-refractivity contribution in [2.24, 2.45) is 0 Å². The number of aliphatic carboxylic acids is 1. The summed E-state index contributed by atoms with van der Waals surface area (Å²) in [4.78, 5) is 10.8. The molecule has 1 fully saturated rings. The number of methoxy groups -OCH3 is 1. The van der Waals surface area contributed by atoms with E-state index in [0.29, 0.717) is 13.0 Å². The molecule has 0 aliphatic carbocycles. The normalized spacial score (nSPS) is 37.5. The van der Waals surface area contributed by atoms with Crippen LogP contribution >= 0.6 is 0 Å². The zero-order valence-corrected chi connectivity index (χ0v) is 6.66. The van der Waals surface area contributed by atoms with Crippen LogP contribution in [0.3, 0.4) is 0 Å². The van der Waals surface area contributed by atoms with Crippen LogP contribution in [0.1, 0.15) is 13.3 Å². The van der Waals surface area contributed by atoms with Crippen LogP contribution in [-0.2, 0) is 14.3 Å². The average molecular weight is 160 g/mol. The highest BCUT2D eigenvalue weighted by molar-refractivity contribution is 5.78. The Hall–Kier alpha value is -0.610. The second-order valence-corrected chi connectivity index (χ2v) is 2.66. The topological polar surface area (TPSA) is 55.8 Å². The first-order valence-corrected chi connectivity index (χ1v) is 3.53. The van der Waals surface area contributed by atoms with Gasteiger partial charge in [-0.15, -0.1) is 0 Å². The second-order valence-electron chi connectivity index (χ2n) is 2.66. The summed E-state index contributed by atoms with van der Waals surface area (Å²) in [5.41, 5.74) is -1.11. The number of ether oxygens (including phenoxy) is 2. The van der Waals surface area contributed by atoms with Crippen LogP contribution < -0.4 is 0 Å². The van der Waals surface area contributed by atoms with Gasteiger partial charge in [-0.3, -0.25) is 0 Å². The van der Waals surface area contributed by atoms with Crippen LogP contribution in [0, 0.1) is 0 Å². The van der Waals surface area contributed by atoms with Crippen molar-refractivity contribution in [3.8, 4) is 0 Å². The van der Waals surface area contributed by atoms with Gasteiger partial charge in [-0.05, 0) is 6.92 Å². The molecule has 1 aliphatic heterocycles. The van der Waals surface area contributed by atoms with E-state index in [9.17, 15) is 4.79 Å². The molecule has 0 saturated carbocycles. The van der Waals surface area contributed by atoms with Crippen LogP contribution in [0.25, 0.3) is 0 Å². The van der Waals surface area contributed by atoms with E-state index in [1.165, 1.54) is 7.11 Å². The smallest absolute Gasteiger partial charge is 0.338 e. The fraction of sp³-hybridized carbons (Fsp3) is 0.857. The van der Waals surface area contributed by atoms with Crippen molar-refractivity contribution < 1.29 is 19.4 Å². The zero-order valence-electron chi connectivity index (χ0n) is 6.66. The molecule has 64 valence electrons. The van der Waals surface area contributed by atoms with E-state index < -0.39 is 11.6 Å². The summed E-state index contributed by atoms with van der Waals surface area (Å²) in [7, 11) is 1.40. The molecule has 2 atom stereocenters. The number of hydrogen-bond donors (Lipinski definition) is 1. The largest absolute Gasteiger partial charge is 0.479 e. The minimum atomic E-state index is -1.11. The van der Waals surface area contributed by atoms with Gasteiger partial charge in [-0.25, -0.2) is 4.79 Å². The summed E-state index contributed by atoms with van der Waals surface area (Å²) in [6.45, 7) is 2.17. The SMILES string of the molecule is COC1(C(=O)O)CCOC1C. The molecule has 11 heavy (non-hydrogen) atoms. The lowest BCUT2D eigenvalue weighted by molar-refractivity contribution is -0.167. The molecule has 4 nitrogen and oxygen atoms in total. The van der Waals surface area contributed by atoms with Crippen molar-refractivity contribution in [2.75, 3.05) is 13.7 Å². The molecule has 1 rings (SSSR count). The Bertz CT molecular complexity index is 168. The highest BCUT2D eigenvalue weighted by Crippen LogP contribution is 2.29. The first kappa shape index (κ1) is 8.49. The molecular formula is C7H12O4. The Labute approximate surface area is 65.1 Å². The summed E-state index contributed by atoms with van der Waals surface area (Å²) in [5, 5.41) is 8.83. The molecule has 1 N–H and O–H groups in total. The maximum atomic E-state index is 10.8. The fourth-order valence-electron chi connectivity index (χ4n) is 1.36. The lowest BCUT2D eigenvalue weighted by Gasteiger charge is -2.25. The van der Waals surface area contributed by atoms with Crippen LogP contribution in [0.15, 0.2) is 0 Å². The third-order valence-corrected chi connectivity index (χ3v) is 2.22. The van der Waals surface area contributed by atoms with Gasteiger partial charge in [0.1, 0.15) is 0 Å². The maximum Gasteiger partial charge on any atom is 0.338 e. The zero-order chi connectivity index (χ0) is 8.48. The molecule has 4 heteroatoms. The van der Waals surface area contributed by atoms with Gasteiger partial charge in [0.05, 0.1) is 12.7 Å². The highest BCUT2D eigenvalue weighted by atomic mass is 16.6. The number of carboxylic acids is 1. The Morgan fingerprint density at radius 3 is 2.64 bits per heavy atom. The average Bonchev–Trinajstić information content (AvgIpc) is 2.32. The van der Waals surface area contributed by atoms with Gasteiger partial charge in [0.2, 0.25) is 0 Å². The van der Waals surface area contributed by atoms with Crippen molar-refractivity contribution in [3.05, 3.63) is 0 Å². The molecule has 0 amide bonds. The van der Waals surface area contributed by atoms with Crippen molar-refractivity contribution in [3.63, 3.8) is 0 Å². The molecule has 0 aromatic rings. The Morgan fingerprint density at radius 1 is 1.82 bits per heavy atom. The molecule has 1 aliphatic rings. The van der Waals surface area contributed by atoms with Crippen molar-refractivity contribution in [1.82, 2.24) is 0 Å². The predicted octanol–water partition coefficient (Wildman–Crippen LogP) is 0.265. The summed E-state index contributed by atoms with van der Waals surface area (Å²) in [5.74, 6) is -0.940. The van der Waals surface area contributed by atoms with E-state index in [1.54, 1.807) is 6.92 Å². The molecule has 0 aromatic carbocycles. The molecular weight excluding hydrogens is 148 g/mol. The standard InChI is InChI=1S/C7H12O4/c1-5-7(10-2,6(8)9)3-4-11-5/h5H,3-4H2,1-2H3,(H,8,9). The van der Waals surface area contributed by atoms with Crippen LogP contribution in [-0.4, -0.2) is 36.5 Å². The number of carboxylic acid groups (broad SMARTS) is 1. The van der Waals surface area contributed by atoms with E-state index >= 15 is 0 Å². The van der Waals surface area contributed by atoms with Gasteiger partial charge in [-0.2, -0.15) is 0 Å². The van der Waals surface area contributed by atoms with Crippen molar-refractivity contribution >= 4 is 5.97 Å². The lowest BCUT2D eigenvalue weighted by Crippen LogP contribution is -2.46. The Balaban J connectivity index is 2.82. The van der Waals surface area contributed by atoms with Crippen LogP contribution in [0.5, 0.6) is 0 Å². The summed E-state index contributed by atoms with van der Waals surface area (Å²) in [6, 6.07) is 0. The summed E-state index contributed by atoms with van der Waals surface area (Å²) in [6.07, 6.45) is 0.0741. The highest BCUT2D eigenvalue weighted by Gasteiger charge is 2.48. The first-order chi connectivity index (χ1) is 5.13. The van der Waals surface area contributed by atoms with E-state index in [4.69, 9.17) is 14.6 Å². The number of rotatable bonds is 2.